The summed E-state index contributed by atoms with van der Waals surface area (Å²) in [5.74, 6) is 0. The lowest BCUT2D eigenvalue weighted by atomic mass is 9.95. The van der Waals surface area contributed by atoms with Crippen molar-refractivity contribution in [2.45, 2.75) is 6.92 Å². The Labute approximate surface area is 200 Å². The Morgan fingerprint density at radius 3 is 1.82 bits per heavy atom. The van der Waals surface area contributed by atoms with E-state index < -0.39 is 0 Å². The zero-order chi connectivity index (χ0) is 22.9. The quantitative estimate of drug-likeness (QED) is 0.244. The Morgan fingerprint density at radius 1 is 0.559 bits per heavy atom. The van der Waals surface area contributed by atoms with E-state index >= 15 is 0 Å². The van der Waals surface area contributed by atoms with Crippen LogP contribution in [0.4, 0.5) is 0 Å². The van der Waals surface area contributed by atoms with Gasteiger partial charge in [-0.1, -0.05) is 103 Å². The van der Waals surface area contributed by atoms with Gasteiger partial charge in [-0.05, 0) is 65.6 Å². The van der Waals surface area contributed by atoms with Crippen LogP contribution in [-0.2, 0) is 0 Å². The number of hydrogen-bond acceptors (Lipinski definition) is 0. The second-order valence-electron chi connectivity index (χ2n) is 8.75. The summed E-state index contributed by atoms with van der Waals surface area (Å²) < 4.78 is 2.37. The topological polar surface area (TPSA) is 4.93 Å². The smallest absolute Gasteiger partial charge is 0.0541 e. The molecule has 0 bridgehead atoms. The zero-order valence-electron chi connectivity index (χ0n) is 19.1. The number of rotatable bonds is 4. The fraction of sp³-hybridized carbons (Fsp3) is 0.0303. The van der Waals surface area contributed by atoms with Gasteiger partial charge in [-0.2, -0.15) is 0 Å². The van der Waals surface area contributed by atoms with E-state index in [4.69, 9.17) is 0 Å². The van der Waals surface area contributed by atoms with Crippen molar-refractivity contribution >= 4 is 33.5 Å². The Bertz CT molecular complexity index is 1580. The van der Waals surface area contributed by atoms with E-state index in [2.05, 4.69) is 145 Å². The van der Waals surface area contributed by atoms with Gasteiger partial charge in [0.25, 0.3) is 0 Å². The van der Waals surface area contributed by atoms with Gasteiger partial charge in [0.15, 0.2) is 0 Å². The molecule has 0 atom stereocenters. The second-order valence-corrected chi connectivity index (χ2v) is 8.75. The van der Waals surface area contributed by atoms with Crippen LogP contribution in [0.1, 0.15) is 22.3 Å². The lowest BCUT2D eigenvalue weighted by molar-refractivity contribution is 1.17. The molecule has 6 aromatic rings. The average molecular weight is 436 g/mol. The van der Waals surface area contributed by atoms with Gasteiger partial charge in [-0.25, -0.2) is 0 Å². The maximum Gasteiger partial charge on any atom is 0.0541 e. The van der Waals surface area contributed by atoms with E-state index in [-0.39, 0.29) is 0 Å². The lowest BCUT2D eigenvalue weighted by Crippen LogP contribution is -1.93. The van der Waals surface area contributed by atoms with Gasteiger partial charge in [-0.3, -0.25) is 0 Å². The molecule has 0 saturated carbocycles. The van der Waals surface area contributed by atoms with Crippen LogP contribution in [0, 0.1) is 6.92 Å². The molecule has 0 radical (unpaired) electrons. The number of para-hydroxylation sites is 1. The molecular weight excluding hydrogens is 410 g/mol. The Morgan fingerprint density at radius 2 is 1.15 bits per heavy atom. The first-order valence-electron chi connectivity index (χ1n) is 11.7. The molecule has 0 fully saturated rings. The molecule has 34 heavy (non-hydrogen) atoms. The summed E-state index contributed by atoms with van der Waals surface area (Å²) in [6, 6.07) is 45.5. The molecule has 6 rings (SSSR count). The number of nitrogens with zero attached hydrogens (tertiary/aromatic N) is 1. The van der Waals surface area contributed by atoms with E-state index in [0.717, 1.165) is 0 Å². The van der Waals surface area contributed by atoms with E-state index in [1.165, 1.54) is 55.3 Å². The second kappa shape index (κ2) is 8.53. The highest BCUT2D eigenvalue weighted by Crippen LogP contribution is 2.34. The lowest BCUT2D eigenvalue weighted by Gasteiger charge is -2.10. The predicted octanol–water partition coefficient (Wildman–Crippen LogP) is 8.68. The molecule has 1 nitrogen and oxygen atoms in total. The summed E-state index contributed by atoms with van der Waals surface area (Å²) in [4.78, 5) is 0. The maximum absolute atomic E-state index is 2.37. The van der Waals surface area contributed by atoms with Crippen LogP contribution in [0.5, 0.6) is 0 Å². The number of aryl methyl sites for hydroxylation is 1. The van der Waals surface area contributed by atoms with E-state index in [1.807, 2.05) is 0 Å². The maximum atomic E-state index is 2.37. The minimum absolute atomic E-state index is 1.19. The van der Waals surface area contributed by atoms with Gasteiger partial charge in [0.1, 0.15) is 0 Å². The van der Waals surface area contributed by atoms with Crippen LogP contribution in [0.15, 0.2) is 127 Å². The standard InChI is InChI=1S/C33H25N/c1-24-16-19-28(20-17-24)34-32-15-9-8-14-29(32)31-23-25(18-21-33(31)34)22-30(26-10-4-2-5-11-26)27-12-6-3-7-13-27/h2-23H,1H3. The highest BCUT2D eigenvalue weighted by atomic mass is 15.0. The molecule has 0 aliphatic heterocycles. The number of hydrogen-bond donors (Lipinski definition) is 0. The molecule has 1 heteroatoms. The normalized spacial score (nSPS) is 11.1. The minimum Gasteiger partial charge on any atom is -0.309 e. The summed E-state index contributed by atoms with van der Waals surface area (Å²) in [5.41, 5.74) is 9.77. The van der Waals surface area contributed by atoms with Gasteiger partial charge in [0.05, 0.1) is 11.0 Å². The zero-order valence-corrected chi connectivity index (χ0v) is 19.1. The summed E-state index contributed by atoms with van der Waals surface area (Å²) >= 11 is 0. The van der Waals surface area contributed by atoms with Gasteiger partial charge in [0.2, 0.25) is 0 Å². The summed E-state index contributed by atoms with van der Waals surface area (Å²) in [6.07, 6.45) is 2.31. The van der Waals surface area contributed by atoms with Gasteiger partial charge >= 0.3 is 0 Å². The third-order valence-corrected chi connectivity index (χ3v) is 6.47. The highest BCUT2D eigenvalue weighted by molar-refractivity contribution is 6.10. The van der Waals surface area contributed by atoms with Gasteiger partial charge < -0.3 is 4.57 Å². The molecule has 1 heterocycles. The molecule has 0 N–H and O–H groups in total. The van der Waals surface area contributed by atoms with Crippen molar-refractivity contribution in [3.63, 3.8) is 0 Å². The number of benzene rings is 5. The Hall–Kier alpha value is -4.36. The Kier molecular flexibility index (Phi) is 5.08. The first-order chi connectivity index (χ1) is 16.8. The third-order valence-electron chi connectivity index (χ3n) is 6.47. The van der Waals surface area contributed by atoms with Crippen molar-refractivity contribution in [1.29, 1.82) is 0 Å². The van der Waals surface area contributed by atoms with Crippen molar-refractivity contribution in [3.8, 4) is 5.69 Å². The summed E-state index contributed by atoms with van der Waals surface area (Å²) in [6.45, 7) is 2.13. The first kappa shape index (κ1) is 20.3. The molecule has 0 aliphatic carbocycles. The number of aromatic nitrogens is 1. The molecule has 0 aliphatic rings. The summed E-state index contributed by atoms with van der Waals surface area (Å²) in [7, 11) is 0. The SMILES string of the molecule is Cc1ccc(-n2c3ccccc3c3cc(C=C(c4ccccc4)c4ccccc4)ccc32)cc1. The fourth-order valence-corrected chi connectivity index (χ4v) is 4.79. The molecule has 162 valence electrons. The third kappa shape index (κ3) is 3.62. The largest absolute Gasteiger partial charge is 0.309 e. The van der Waals surface area contributed by atoms with Crippen molar-refractivity contribution < 1.29 is 0 Å². The minimum atomic E-state index is 1.19. The van der Waals surface area contributed by atoms with Crippen LogP contribution < -0.4 is 0 Å². The van der Waals surface area contributed by atoms with Crippen molar-refractivity contribution in [2.75, 3.05) is 0 Å². The predicted molar refractivity (Wildman–Crippen MR) is 145 cm³/mol. The van der Waals surface area contributed by atoms with E-state index in [0.29, 0.717) is 0 Å². The molecule has 0 amide bonds. The molecule has 0 unspecified atom stereocenters. The summed E-state index contributed by atoms with van der Waals surface area (Å²) in [5, 5.41) is 2.54. The van der Waals surface area contributed by atoms with Gasteiger partial charge in [-0.15, -0.1) is 0 Å². The monoisotopic (exact) mass is 435 g/mol. The van der Waals surface area contributed by atoms with Crippen LogP contribution in [0.3, 0.4) is 0 Å². The first-order valence-corrected chi connectivity index (χ1v) is 11.7. The van der Waals surface area contributed by atoms with E-state index in [9.17, 15) is 0 Å². The van der Waals surface area contributed by atoms with Crippen molar-refractivity contribution in [3.05, 3.63) is 150 Å². The fourth-order valence-electron chi connectivity index (χ4n) is 4.79. The van der Waals surface area contributed by atoms with Crippen LogP contribution in [0.25, 0.3) is 39.1 Å². The van der Waals surface area contributed by atoms with Crippen LogP contribution >= 0.6 is 0 Å². The van der Waals surface area contributed by atoms with E-state index in [1.54, 1.807) is 0 Å². The van der Waals surface area contributed by atoms with Gasteiger partial charge in [0, 0.05) is 16.5 Å². The van der Waals surface area contributed by atoms with Crippen LogP contribution in [-0.4, -0.2) is 4.57 Å². The molecule has 5 aromatic carbocycles. The van der Waals surface area contributed by atoms with Crippen molar-refractivity contribution in [1.82, 2.24) is 4.57 Å². The van der Waals surface area contributed by atoms with Crippen molar-refractivity contribution in [2.24, 2.45) is 0 Å². The molecule has 0 spiro atoms. The number of fused-ring (bicyclic) bond motifs is 3. The molecule has 0 saturated heterocycles. The van der Waals surface area contributed by atoms with Crippen LogP contribution in [0.2, 0.25) is 0 Å². The molecule has 1 aromatic heterocycles. The highest BCUT2D eigenvalue weighted by Gasteiger charge is 2.13. The Balaban J connectivity index is 1.57. The average Bonchev–Trinajstić information content (AvgIpc) is 3.22. The molecular formula is C33H25N.